The SMILES string of the molecule is CCC1(C)CCN(Cc2cc(Cl)cc(Cl)c2O)CC1. The molecule has 0 aliphatic carbocycles. The van der Waals surface area contributed by atoms with Crippen molar-refractivity contribution >= 4 is 23.2 Å². The Bertz CT molecular complexity index is 454. The number of rotatable bonds is 3. The molecule has 4 heteroatoms. The van der Waals surface area contributed by atoms with Gasteiger partial charge in [0.2, 0.25) is 0 Å². The molecule has 0 amide bonds. The summed E-state index contributed by atoms with van der Waals surface area (Å²) in [7, 11) is 0. The number of phenolic OH excluding ortho intramolecular Hbond substituents is 1. The van der Waals surface area contributed by atoms with Gasteiger partial charge in [0.25, 0.3) is 0 Å². The number of aromatic hydroxyl groups is 1. The molecule has 1 heterocycles. The van der Waals surface area contributed by atoms with Gasteiger partial charge in [0, 0.05) is 17.1 Å². The molecule has 1 N–H and O–H groups in total. The third-order valence-electron chi connectivity index (χ3n) is 4.42. The van der Waals surface area contributed by atoms with Crippen LogP contribution in [0.4, 0.5) is 0 Å². The normalized spacial score (nSPS) is 19.6. The molecule has 0 atom stereocenters. The highest BCUT2D eigenvalue weighted by molar-refractivity contribution is 6.35. The van der Waals surface area contributed by atoms with Crippen LogP contribution in [0.3, 0.4) is 0 Å². The Balaban J connectivity index is 2.04. The lowest BCUT2D eigenvalue weighted by Gasteiger charge is -2.39. The van der Waals surface area contributed by atoms with Gasteiger partial charge in [-0.15, -0.1) is 0 Å². The second kappa shape index (κ2) is 5.90. The lowest BCUT2D eigenvalue weighted by Crippen LogP contribution is -2.37. The summed E-state index contributed by atoms with van der Waals surface area (Å²) >= 11 is 11.9. The molecule has 0 radical (unpaired) electrons. The van der Waals surface area contributed by atoms with Crippen molar-refractivity contribution in [1.82, 2.24) is 4.90 Å². The summed E-state index contributed by atoms with van der Waals surface area (Å²) in [5.74, 6) is 0.162. The zero-order valence-corrected chi connectivity index (χ0v) is 13.1. The van der Waals surface area contributed by atoms with Crippen LogP contribution < -0.4 is 0 Å². The Kier molecular flexibility index (Phi) is 4.65. The third-order valence-corrected chi connectivity index (χ3v) is 4.92. The molecule has 1 fully saturated rings. The van der Waals surface area contributed by atoms with E-state index >= 15 is 0 Å². The monoisotopic (exact) mass is 301 g/mol. The Morgan fingerprint density at radius 1 is 1.26 bits per heavy atom. The zero-order chi connectivity index (χ0) is 14.0. The predicted molar refractivity (Wildman–Crippen MR) is 81.0 cm³/mol. The fraction of sp³-hybridized carbons (Fsp3) is 0.600. The van der Waals surface area contributed by atoms with Crippen LogP contribution in [0, 0.1) is 5.41 Å². The first-order valence-electron chi connectivity index (χ1n) is 6.83. The van der Waals surface area contributed by atoms with Crippen molar-refractivity contribution in [2.75, 3.05) is 13.1 Å². The maximum atomic E-state index is 9.98. The van der Waals surface area contributed by atoms with Gasteiger partial charge < -0.3 is 5.11 Å². The molecule has 1 aliphatic rings. The molecule has 2 rings (SSSR count). The molecular formula is C15H21Cl2NO. The van der Waals surface area contributed by atoms with E-state index in [1.165, 1.54) is 19.3 Å². The highest BCUT2D eigenvalue weighted by Gasteiger charge is 2.28. The molecule has 1 aromatic rings. The highest BCUT2D eigenvalue weighted by Crippen LogP contribution is 2.36. The molecule has 0 spiro atoms. The van der Waals surface area contributed by atoms with Crippen molar-refractivity contribution in [3.8, 4) is 5.75 Å². The van der Waals surface area contributed by atoms with E-state index in [1.807, 2.05) is 0 Å². The van der Waals surface area contributed by atoms with Gasteiger partial charge in [-0.2, -0.15) is 0 Å². The van der Waals surface area contributed by atoms with Crippen molar-refractivity contribution in [3.05, 3.63) is 27.7 Å². The van der Waals surface area contributed by atoms with Crippen LogP contribution in [0.1, 0.15) is 38.7 Å². The number of piperidine rings is 1. The van der Waals surface area contributed by atoms with Crippen LogP contribution in [0.2, 0.25) is 10.0 Å². The molecule has 0 unspecified atom stereocenters. The average Bonchev–Trinajstić information content (AvgIpc) is 2.38. The van der Waals surface area contributed by atoms with Crippen molar-refractivity contribution in [2.24, 2.45) is 5.41 Å². The molecule has 1 aliphatic heterocycles. The quantitative estimate of drug-likeness (QED) is 0.874. The van der Waals surface area contributed by atoms with E-state index in [2.05, 4.69) is 18.7 Å². The van der Waals surface area contributed by atoms with Gasteiger partial charge in [0.05, 0.1) is 5.02 Å². The largest absolute Gasteiger partial charge is 0.506 e. The van der Waals surface area contributed by atoms with Gasteiger partial charge >= 0.3 is 0 Å². The van der Waals surface area contributed by atoms with Gasteiger partial charge in [-0.3, -0.25) is 4.90 Å². The van der Waals surface area contributed by atoms with E-state index in [-0.39, 0.29) is 5.75 Å². The highest BCUT2D eigenvalue weighted by atomic mass is 35.5. The number of benzene rings is 1. The number of hydrogen-bond donors (Lipinski definition) is 1. The van der Waals surface area contributed by atoms with Crippen LogP contribution in [0.5, 0.6) is 5.75 Å². The Morgan fingerprint density at radius 3 is 2.47 bits per heavy atom. The van der Waals surface area contributed by atoms with Crippen LogP contribution in [0.25, 0.3) is 0 Å². The Labute approximate surface area is 125 Å². The van der Waals surface area contributed by atoms with Crippen LogP contribution >= 0.6 is 23.2 Å². The summed E-state index contributed by atoms with van der Waals surface area (Å²) < 4.78 is 0. The van der Waals surface area contributed by atoms with E-state index in [0.717, 1.165) is 18.7 Å². The van der Waals surface area contributed by atoms with Crippen LogP contribution in [0.15, 0.2) is 12.1 Å². The molecule has 1 saturated heterocycles. The lowest BCUT2D eigenvalue weighted by molar-refractivity contribution is 0.109. The number of likely N-dealkylation sites (tertiary alicyclic amines) is 1. The minimum absolute atomic E-state index is 0.162. The molecule has 19 heavy (non-hydrogen) atoms. The smallest absolute Gasteiger partial charge is 0.138 e. The predicted octanol–water partition coefficient (Wildman–Crippen LogP) is 4.71. The van der Waals surface area contributed by atoms with Crippen LogP contribution in [-0.2, 0) is 6.54 Å². The molecule has 0 bridgehead atoms. The lowest BCUT2D eigenvalue weighted by atomic mass is 9.78. The first-order valence-corrected chi connectivity index (χ1v) is 7.58. The number of nitrogens with zero attached hydrogens (tertiary/aromatic N) is 1. The van der Waals surface area contributed by atoms with E-state index < -0.39 is 0 Å². The summed E-state index contributed by atoms with van der Waals surface area (Å²) in [5, 5.41) is 10.9. The second-order valence-electron chi connectivity index (χ2n) is 5.84. The number of phenols is 1. The molecule has 0 aromatic heterocycles. The maximum absolute atomic E-state index is 9.98. The Hall–Kier alpha value is -0.440. The van der Waals surface area contributed by atoms with Crippen molar-refractivity contribution in [2.45, 2.75) is 39.7 Å². The summed E-state index contributed by atoms with van der Waals surface area (Å²) in [6.45, 7) is 7.46. The fourth-order valence-electron chi connectivity index (χ4n) is 2.59. The molecule has 106 valence electrons. The number of halogens is 2. The summed E-state index contributed by atoms with van der Waals surface area (Å²) in [5.41, 5.74) is 1.29. The zero-order valence-electron chi connectivity index (χ0n) is 11.5. The third kappa shape index (κ3) is 3.56. The van der Waals surface area contributed by atoms with Gasteiger partial charge in [-0.25, -0.2) is 0 Å². The van der Waals surface area contributed by atoms with E-state index in [4.69, 9.17) is 23.2 Å². The van der Waals surface area contributed by atoms with E-state index in [1.54, 1.807) is 12.1 Å². The standard InChI is InChI=1S/C15H21Cl2NO/c1-3-15(2)4-6-18(7-5-15)10-11-8-12(16)9-13(17)14(11)19/h8-9,19H,3-7,10H2,1-2H3. The number of hydrogen-bond acceptors (Lipinski definition) is 2. The average molecular weight is 302 g/mol. The minimum Gasteiger partial charge on any atom is -0.506 e. The van der Waals surface area contributed by atoms with E-state index in [0.29, 0.717) is 22.0 Å². The minimum atomic E-state index is 0.162. The topological polar surface area (TPSA) is 23.5 Å². The summed E-state index contributed by atoms with van der Waals surface area (Å²) in [4.78, 5) is 2.36. The van der Waals surface area contributed by atoms with Crippen LogP contribution in [-0.4, -0.2) is 23.1 Å². The fourth-order valence-corrected chi connectivity index (χ4v) is 3.12. The molecule has 0 saturated carbocycles. The molecule has 1 aromatic carbocycles. The van der Waals surface area contributed by atoms with Gasteiger partial charge in [-0.05, 0) is 43.5 Å². The van der Waals surface area contributed by atoms with Gasteiger partial charge in [0.1, 0.15) is 5.75 Å². The van der Waals surface area contributed by atoms with Gasteiger partial charge in [0.15, 0.2) is 0 Å². The summed E-state index contributed by atoms with van der Waals surface area (Å²) in [6.07, 6.45) is 3.65. The summed E-state index contributed by atoms with van der Waals surface area (Å²) in [6, 6.07) is 3.38. The molecule has 2 nitrogen and oxygen atoms in total. The first-order chi connectivity index (χ1) is 8.93. The van der Waals surface area contributed by atoms with Crippen molar-refractivity contribution < 1.29 is 5.11 Å². The van der Waals surface area contributed by atoms with Crippen molar-refractivity contribution in [1.29, 1.82) is 0 Å². The maximum Gasteiger partial charge on any atom is 0.138 e. The second-order valence-corrected chi connectivity index (χ2v) is 6.68. The van der Waals surface area contributed by atoms with Crippen molar-refractivity contribution in [3.63, 3.8) is 0 Å². The molecular weight excluding hydrogens is 281 g/mol. The van der Waals surface area contributed by atoms with E-state index in [9.17, 15) is 5.11 Å². The van der Waals surface area contributed by atoms with Gasteiger partial charge in [-0.1, -0.05) is 43.5 Å². The Morgan fingerprint density at radius 2 is 1.89 bits per heavy atom. The first kappa shape index (κ1) is 15.0.